The summed E-state index contributed by atoms with van der Waals surface area (Å²) in [6.07, 6.45) is 1.94. The molecule has 0 saturated heterocycles. The van der Waals surface area contributed by atoms with Crippen LogP contribution in [0.25, 0.3) is 11.0 Å². The summed E-state index contributed by atoms with van der Waals surface area (Å²) >= 11 is 0. The van der Waals surface area contributed by atoms with Crippen molar-refractivity contribution in [3.05, 3.63) is 52.6 Å². The zero-order chi connectivity index (χ0) is 20.0. The zero-order valence-electron chi connectivity index (χ0n) is 15.6. The number of carbonyl (C=O) groups is 2. The van der Waals surface area contributed by atoms with Gasteiger partial charge in [0.25, 0.3) is 5.91 Å². The van der Waals surface area contributed by atoms with Crippen molar-refractivity contribution < 1.29 is 18.4 Å². The SMILES string of the molecule is Cc1c(C(=O)NC(C)c2nc3ccccc3n2C(F)F)[nH]c2c1C(=O)CCC2. The van der Waals surface area contributed by atoms with E-state index in [1.54, 1.807) is 38.1 Å². The summed E-state index contributed by atoms with van der Waals surface area (Å²) < 4.78 is 28.1. The fraction of sp³-hybridized carbons (Fsp3) is 0.350. The van der Waals surface area contributed by atoms with Crippen LogP contribution in [0.3, 0.4) is 0 Å². The molecule has 1 aliphatic rings. The third-order valence-electron chi connectivity index (χ3n) is 5.22. The summed E-state index contributed by atoms with van der Waals surface area (Å²) in [4.78, 5) is 32.3. The van der Waals surface area contributed by atoms with E-state index in [1.165, 1.54) is 0 Å². The van der Waals surface area contributed by atoms with Crippen LogP contribution in [0.1, 0.15) is 70.3 Å². The van der Waals surface area contributed by atoms with Crippen LogP contribution in [0, 0.1) is 6.92 Å². The summed E-state index contributed by atoms with van der Waals surface area (Å²) in [5.74, 6) is -0.337. The largest absolute Gasteiger partial charge is 0.354 e. The molecule has 4 rings (SSSR count). The number of Topliss-reactive ketones (excluding diaryl/α,β-unsaturated/α-hetero) is 1. The van der Waals surface area contributed by atoms with Gasteiger partial charge in [-0.2, -0.15) is 8.78 Å². The average Bonchev–Trinajstić information content (AvgIpc) is 3.21. The standard InChI is InChI=1S/C20H20F2N4O2/c1-10-16-13(7-5-9-15(16)27)24-17(10)19(28)23-11(2)18-25-12-6-3-4-8-14(12)26(18)20(21)22/h3-4,6,8,11,20,24H,5,7,9H2,1-2H3,(H,23,28). The lowest BCUT2D eigenvalue weighted by Crippen LogP contribution is -2.29. The maximum absolute atomic E-state index is 13.6. The highest BCUT2D eigenvalue weighted by atomic mass is 19.3. The number of carbonyl (C=O) groups excluding carboxylic acids is 2. The second-order valence-electron chi connectivity index (χ2n) is 7.06. The van der Waals surface area contributed by atoms with E-state index in [-0.39, 0.29) is 11.6 Å². The molecule has 0 spiro atoms. The number of ketones is 1. The number of H-pyrrole nitrogens is 1. The molecule has 0 fully saturated rings. The van der Waals surface area contributed by atoms with Crippen LogP contribution < -0.4 is 5.32 Å². The second kappa shape index (κ2) is 6.85. The number of hydrogen-bond donors (Lipinski definition) is 2. The van der Waals surface area contributed by atoms with Crippen LogP contribution in [0.15, 0.2) is 24.3 Å². The molecule has 2 aromatic heterocycles. The molecule has 1 aromatic carbocycles. The summed E-state index contributed by atoms with van der Waals surface area (Å²) in [6, 6.07) is 5.87. The number of fused-ring (bicyclic) bond motifs is 2. The van der Waals surface area contributed by atoms with Crippen LogP contribution in [0.4, 0.5) is 8.78 Å². The fourth-order valence-electron chi connectivity index (χ4n) is 3.91. The molecule has 0 radical (unpaired) electrons. The van der Waals surface area contributed by atoms with E-state index in [1.807, 2.05) is 0 Å². The van der Waals surface area contributed by atoms with E-state index in [9.17, 15) is 18.4 Å². The van der Waals surface area contributed by atoms with Crippen LogP contribution in [0.2, 0.25) is 0 Å². The summed E-state index contributed by atoms with van der Waals surface area (Å²) in [5.41, 5.74) is 3.01. The smallest absolute Gasteiger partial charge is 0.320 e. The zero-order valence-corrected chi connectivity index (χ0v) is 15.6. The van der Waals surface area contributed by atoms with Gasteiger partial charge in [-0.15, -0.1) is 0 Å². The molecule has 0 bridgehead atoms. The average molecular weight is 386 g/mol. The highest BCUT2D eigenvalue weighted by Crippen LogP contribution is 2.29. The van der Waals surface area contributed by atoms with E-state index >= 15 is 0 Å². The van der Waals surface area contributed by atoms with Crippen molar-refractivity contribution in [3.8, 4) is 0 Å². The molecule has 1 unspecified atom stereocenters. The van der Waals surface area contributed by atoms with Crippen molar-refractivity contribution in [2.75, 3.05) is 0 Å². The number of rotatable bonds is 4. The lowest BCUT2D eigenvalue weighted by molar-refractivity contribution is 0.0687. The number of aromatic nitrogens is 3. The van der Waals surface area contributed by atoms with Crippen LogP contribution in [-0.2, 0) is 6.42 Å². The third-order valence-corrected chi connectivity index (χ3v) is 5.22. The number of imidazole rings is 1. The van der Waals surface area contributed by atoms with Gasteiger partial charge in [0.2, 0.25) is 0 Å². The van der Waals surface area contributed by atoms with Crippen molar-refractivity contribution in [2.45, 2.75) is 45.7 Å². The number of aromatic amines is 1. The molecule has 1 amide bonds. The molecule has 3 aromatic rings. The van der Waals surface area contributed by atoms with E-state index in [2.05, 4.69) is 15.3 Å². The molecular weight excluding hydrogens is 366 g/mol. The van der Waals surface area contributed by atoms with Gasteiger partial charge in [0.15, 0.2) is 5.78 Å². The Labute approximate surface area is 160 Å². The van der Waals surface area contributed by atoms with E-state index in [0.29, 0.717) is 40.7 Å². The molecule has 28 heavy (non-hydrogen) atoms. The van der Waals surface area contributed by atoms with Crippen molar-refractivity contribution in [2.24, 2.45) is 0 Å². The van der Waals surface area contributed by atoms with Gasteiger partial charge in [0, 0.05) is 17.7 Å². The maximum Gasteiger partial charge on any atom is 0.320 e. The number of amides is 1. The number of halogens is 2. The Kier molecular flexibility index (Phi) is 4.49. The molecule has 0 aliphatic heterocycles. The number of alkyl halides is 2. The van der Waals surface area contributed by atoms with Crippen LogP contribution in [0.5, 0.6) is 0 Å². The maximum atomic E-state index is 13.6. The van der Waals surface area contributed by atoms with Crippen molar-refractivity contribution in [1.29, 1.82) is 0 Å². The number of hydrogen-bond acceptors (Lipinski definition) is 3. The highest BCUT2D eigenvalue weighted by Gasteiger charge is 2.28. The minimum absolute atomic E-state index is 0.0293. The molecule has 0 saturated carbocycles. The Bertz CT molecular complexity index is 1080. The monoisotopic (exact) mass is 386 g/mol. The van der Waals surface area contributed by atoms with Crippen molar-refractivity contribution in [1.82, 2.24) is 19.9 Å². The Hall–Kier alpha value is -3.03. The lowest BCUT2D eigenvalue weighted by Gasteiger charge is -2.15. The lowest BCUT2D eigenvalue weighted by atomic mass is 9.94. The number of para-hydroxylation sites is 2. The molecule has 146 valence electrons. The van der Waals surface area contributed by atoms with E-state index < -0.39 is 18.5 Å². The quantitative estimate of drug-likeness (QED) is 0.709. The number of aryl methyl sites for hydroxylation is 1. The van der Waals surface area contributed by atoms with Gasteiger partial charge < -0.3 is 10.3 Å². The summed E-state index contributed by atoms with van der Waals surface area (Å²) in [5, 5.41) is 2.74. The summed E-state index contributed by atoms with van der Waals surface area (Å²) in [7, 11) is 0. The van der Waals surface area contributed by atoms with E-state index in [0.717, 1.165) is 16.7 Å². The number of nitrogens with zero attached hydrogens (tertiary/aromatic N) is 2. The van der Waals surface area contributed by atoms with Crippen LogP contribution >= 0.6 is 0 Å². The molecule has 2 heterocycles. The van der Waals surface area contributed by atoms with Gasteiger partial charge in [-0.25, -0.2) is 4.98 Å². The first-order valence-corrected chi connectivity index (χ1v) is 9.19. The third kappa shape index (κ3) is 2.89. The summed E-state index contributed by atoms with van der Waals surface area (Å²) in [6.45, 7) is 0.562. The number of nitrogens with one attached hydrogen (secondary N) is 2. The molecule has 2 N–H and O–H groups in total. The molecule has 8 heteroatoms. The second-order valence-corrected chi connectivity index (χ2v) is 7.06. The normalized spacial score (nSPS) is 15.1. The predicted molar refractivity (Wildman–Crippen MR) is 99.7 cm³/mol. The van der Waals surface area contributed by atoms with E-state index in [4.69, 9.17) is 0 Å². The Balaban J connectivity index is 1.65. The van der Waals surface area contributed by atoms with Gasteiger partial charge in [-0.3, -0.25) is 14.2 Å². The molecule has 1 aliphatic carbocycles. The van der Waals surface area contributed by atoms with Gasteiger partial charge in [-0.05, 0) is 44.4 Å². The predicted octanol–water partition coefficient (Wildman–Crippen LogP) is 4.08. The first-order valence-electron chi connectivity index (χ1n) is 9.19. The first kappa shape index (κ1) is 18.3. The molecule has 6 nitrogen and oxygen atoms in total. The fourth-order valence-corrected chi connectivity index (χ4v) is 3.91. The van der Waals surface area contributed by atoms with Crippen LogP contribution in [-0.4, -0.2) is 26.2 Å². The highest BCUT2D eigenvalue weighted by molar-refractivity contribution is 6.04. The minimum Gasteiger partial charge on any atom is -0.354 e. The Morgan fingerprint density at radius 2 is 2.04 bits per heavy atom. The Morgan fingerprint density at radius 3 is 2.75 bits per heavy atom. The van der Waals surface area contributed by atoms with Gasteiger partial charge in [0.1, 0.15) is 11.5 Å². The van der Waals surface area contributed by atoms with Crippen molar-refractivity contribution in [3.63, 3.8) is 0 Å². The molecular formula is C20H20F2N4O2. The minimum atomic E-state index is -2.78. The Morgan fingerprint density at radius 1 is 1.29 bits per heavy atom. The number of benzene rings is 1. The molecule has 1 atom stereocenters. The first-order chi connectivity index (χ1) is 13.4. The van der Waals surface area contributed by atoms with Gasteiger partial charge in [-0.1, -0.05) is 12.1 Å². The topological polar surface area (TPSA) is 79.8 Å². The van der Waals surface area contributed by atoms with Gasteiger partial charge in [0.05, 0.1) is 17.1 Å². The van der Waals surface area contributed by atoms with Crippen molar-refractivity contribution >= 4 is 22.7 Å². The van der Waals surface area contributed by atoms with Gasteiger partial charge >= 0.3 is 6.55 Å².